The van der Waals surface area contributed by atoms with E-state index < -0.39 is 11.3 Å². The third kappa shape index (κ3) is 6.33. The van der Waals surface area contributed by atoms with Crippen molar-refractivity contribution in [3.63, 3.8) is 0 Å². The van der Waals surface area contributed by atoms with E-state index in [9.17, 15) is 13.6 Å². The number of nitrogens with one attached hydrogen (secondary N) is 2. The molecule has 0 fully saturated rings. The van der Waals surface area contributed by atoms with Gasteiger partial charge in [0.1, 0.15) is 5.75 Å². The van der Waals surface area contributed by atoms with Gasteiger partial charge in [0.25, 0.3) is 11.3 Å². The van der Waals surface area contributed by atoms with Gasteiger partial charge in [-0.05, 0) is 56.6 Å². The molecule has 0 spiro atoms. The maximum atomic E-state index is 12.7. The van der Waals surface area contributed by atoms with E-state index in [0.717, 1.165) is 4.31 Å². The van der Waals surface area contributed by atoms with E-state index in [-0.39, 0.29) is 24.1 Å². The van der Waals surface area contributed by atoms with E-state index >= 15 is 0 Å². The Balaban J connectivity index is 1.81. The van der Waals surface area contributed by atoms with Crippen molar-refractivity contribution in [3.05, 3.63) is 71.8 Å². The number of halogens is 1. The summed E-state index contributed by atoms with van der Waals surface area (Å²) in [6.45, 7) is 0.186. The van der Waals surface area contributed by atoms with Crippen LogP contribution in [0.5, 0.6) is 5.75 Å². The largest absolute Gasteiger partial charge is 0.497 e. The first-order valence-electron chi connectivity index (χ1n) is 11.1. The molecular formula is C25H25ClN6O4S. The summed E-state index contributed by atoms with van der Waals surface area (Å²) in [5.74, 6) is 0.610. The quantitative estimate of drug-likeness (QED) is 0.259. The van der Waals surface area contributed by atoms with Crippen LogP contribution in [0.4, 0.5) is 28.7 Å². The minimum absolute atomic E-state index is 0.0789. The molecule has 0 saturated heterocycles. The van der Waals surface area contributed by atoms with Crippen LogP contribution in [-0.4, -0.2) is 57.3 Å². The number of anilines is 5. The highest BCUT2D eigenvalue weighted by Gasteiger charge is 2.24. The molecule has 12 heteroatoms. The number of methoxy groups -OCH3 is 1. The molecule has 192 valence electrons. The lowest BCUT2D eigenvalue weighted by Gasteiger charge is -2.23. The van der Waals surface area contributed by atoms with Gasteiger partial charge in [0.15, 0.2) is 11.6 Å². The lowest BCUT2D eigenvalue weighted by atomic mass is 10.2. The monoisotopic (exact) mass is 540 g/mol. The summed E-state index contributed by atoms with van der Waals surface area (Å²) in [6, 6.07) is 18.8. The van der Waals surface area contributed by atoms with Crippen LogP contribution in [0.25, 0.3) is 11.0 Å². The maximum Gasteiger partial charge on any atom is 0.268 e. The van der Waals surface area contributed by atoms with Gasteiger partial charge in [0.2, 0.25) is 5.91 Å². The predicted molar refractivity (Wildman–Crippen MR) is 147 cm³/mol. The zero-order valence-corrected chi connectivity index (χ0v) is 21.9. The molecule has 0 aliphatic carbocycles. The molecule has 0 radical (unpaired) electrons. The first kappa shape index (κ1) is 26.3. The summed E-state index contributed by atoms with van der Waals surface area (Å²) in [4.78, 5) is 23.3. The summed E-state index contributed by atoms with van der Waals surface area (Å²) >= 11 is 3.86. The Morgan fingerprint density at radius 1 is 1.05 bits per heavy atom. The van der Waals surface area contributed by atoms with Gasteiger partial charge in [0.05, 0.1) is 41.1 Å². The Morgan fingerprint density at radius 2 is 1.78 bits per heavy atom. The number of aromatic nitrogens is 2. The highest BCUT2D eigenvalue weighted by Crippen LogP contribution is 2.37. The highest BCUT2D eigenvalue weighted by atomic mass is 35.5. The fraction of sp³-hybridized carbons (Fsp3) is 0.160. The van der Waals surface area contributed by atoms with E-state index in [4.69, 9.17) is 16.3 Å². The van der Waals surface area contributed by atoms with E-state index in [1.807, 2.05) is 6.07 Å². The zero-order valence-electron chi connectivity index (χ0n) is 20.3. The predicted octanol–water partition coefficient (Wildman–Crippen LogP) is 4.81. The number of ether oxygens (including phenoxy) is 1. The summed E-state index contributed by atoms with van der Waals surface area (Å²) in [6.07, 6.45) is 0. The lowest BCUT2D eigenvalue weighted by Crippen LogP contribution is -2.27. The molecule has 4 aromatic rings. The number of hydrogen-bond acceptors (Lipinski definition) is 7. The Morgan fingerprint density at radius 3 is 2.46 bits per heavy atom. The molecule has 1 atom stereocenters. The van der Waals surface area contributed by atoms with Crippen molar-refractivity contribution >= 4 is 68.5 Å². The molecule has 1 aromatic heterocycles. The van der Waals surface area contributed by atoms with Gasteiger partial charge in [0, 0.05) is 11.8 Å². The normalized spacial score (nSPS) is 11.8. The second-order valence-electron chi connectivity index (χ2n) is 8.22. The molecule has 3 aromatic carbocycles. The van der Waals surface area contributed by atoms with Crippen molar-refractivity contribution in [3.8, 4) is 5.75 Å². The van der Waals surface area contributed by atoms with E-state index in [2.05, 4.69) is 20.6 Å². The molecule has 10 nitrogen and oxygen atoms in total. The number of hydrogen-bond donors (Lipinski definition) is 3. The molecule has 1 unspecified atom stereocenters. The van der Waals surface area contributed by atoms with Crippen molar-refractivity contribution in [1.82, 2.24) is 14.9 Å². The second kappa shape index (κ2) is 11.5. The van der Waals surface area contributed by atoms with Gasteiger partial charge in [-0.2, -0.15) is 0 Å². The highest BCUT2D eigenvalue weighted by molar-refractivity contribution is 7.81. The van der Waals surface area contributed by atoms with Crippen molar-refractivity contribution in [2.24, 2.45) is 0 Å². The zero-order chi connectivity index (χ0) is 26.5. The minimum atomic E-state index is -2.55. The first-order valence-corrected chi connectivity index (χ1v) is 12.5. The number of amides is 1. The van der Waals surface area contributed by atoms with E-state index in [0.29, 0.717) is 38.9 Å². The summed E-state index contributed by atoms with van der Waals surface area (Å²) < 4.78 is 29.5. The van der Waals surface area contributed by atoms with Gasteiger partial charge in [-0.15, -0.1) is 0 Å². The average Bonchev–Trinajstić information content (AvgIpc) is 2.85. The number of rotatable bonds is 9. The standard InChI is InChI=1S/C25H25ClN6O4S/c1-31(2)15-23(33)27-16-7-6-8-17(13-16)32(37(34)35)25-24(28-20-9-4-5-10-21(20)30-25)29-22-14-18(36-3)11-12-19(22)26/h4-14H,15H2,1-3H3,(H,27,33)(H,28,29)(H,34,35). The summed E-state index contributed by atoms with van der Waals surface area (Å²) in [5, 5.41) is 6.32. The number of benzene rings is 3. The molecule has 3 N–H and O–H groups in total. The fourth-order valence-electron chi connectivity index (χ4n) is 3.56. The van der Waals surface area contributed by atoms with Gasteiger partial charge in [-0.1, -0.05) is 29.8 Å². The Kier molecular flexibility index (Phi) is 8.19. The van der Waals surface area contributed by atoms with Gasteiger partial charge in [-0.3, -0.25) is 9.35 Å². The minimum Gasteiger partial charge on any atom is -0.497 e. The van der Waals surface area contributed by atoms with Crippen molar-refractivity contribution < 1.29 is 18.3 Å². The van der Waals surface area contributed by atoms with Gasteiger partial charge >= 0.3 is 0 Å². The number of carbonyl (C=O) groups is 1. The number of nitrogens with zero attached hydrogens (tertiary/aromatic N) is 4. The third-order valence-corrected chi connectivity index (χ3v) is 6.18. The van der Waals surface area contributed by atoms with Crippen LogP contribution < -0.4 is 19.7 Å². The molecule has 0 bridgehead atoms. The lowest BCUT2D eigenvalue weighted by molar-refractivity contribution is -0.116. The SMILES string of the molecule is COc1ccc(Cl)c(Nc2nc3ccccc3nc2N(c2cccc(NC(=O)CN(C)C)c2)S(=O)O)c1. The van der Waals surface area contributed by atoms with E-state index in [1.165, 1.54) is 7.11 Å². The Bertz CT molecular complexity index is 1470. The molecule has 0 aliphatic heterocycles. The smallest absolute Gasteiger partial charge is 0.268 e. The molecule has 4 rings (SSSR count). The fourth-order valence-corrected chi connectivity index (χ4v) is 4.29. The van der Waals surface area contributed by atoms with Crippen LogP contribution in [0, 0.1) is 0 Å². The molecule has 0 aliphatic rings. The first-order chi connectivity index (χ1) is 17.7. The molecular weight excluding hydrogens is 516 g/mol. The van der Waals surface area contributed by atoms with Crippen LogP contribution in [0.3, 0.4) is 0 Å². The molecule has 1 amide bonds. The van der Waals surface area contributed by atoms with Crippen LogP contribution in [0.2, 0.25) is 5.02 Å². The van der Waals surface area contributed by atoms with Crippen molar-refractivity contribution in [2.45, 2.75) is 0 Å². The number of para-hydroxylation sites is 2. The summed E-state index contributed by atoms with van der Waals surface area (Å²) in [7, 11) is 5.11. The maximum absolute atomic E-state index is 12.7. The Hall–Kier alpha value is -3.77. The molecule has 37 heavy (non-hydrogen) atoms. The topological polar surface area (TPSA) is 120 Å². The van der Waals surface area contributed by atoms with Crippen LogP contribution in [-0.2, 0) is 16.1 Å². The van der Waals surface area contributed by atoms with Crippen LogP contribution >= 0.6 is 11.6 Å². The summed E-state index contributed by atoms with van der Waals surface area (Å²) in [5.41, 5.74) is 2.33. The molecule has 1 heterocycles. The average molecular weight is 541 g/mol. The van der Waals surface area contributed by atoms with Crippen molar-refractivity contribution in [1.29, 1.82) is 0 Å². The second-order valence-corrected chi connectivity index (χ2v) is 9.45. The van der Waals surface area contributed by atoms with E-state index in [1.54, 1.807) is 79.7 Å². The Labute approximate surface area is 221 Å². The van der Waals surface area contributed by atoms with Crippen LogP contribution in [0.1, 0.15) is 0 Å². The van der Waals surface area contributed by atoms with Gasteiger partial charge in [-0.25, -0.2) is 18.5 Å². The number of fused-ring (bicyclic) bond motifs is 1. The number of likely N-dealkylation sites (N-methyl/N-ethyl adjacent to an activating group) is 1. The number of carbonyl (C=O) groups excluding carboxylic acids is 1. The van der Waals surface area contributed by atoms with Crippen molar-refractivity contribution in [2.75, 3.05) is 42.7 Å². The van der Waals surface area contributed by atoms with Gasteiger partial charge < -0.3 is 20.3 Å². The molecule has 0 saturated carbocycles. The third-order valence-electron chi connectivity index (χ3n) is 5.15. The van der Waals surface area contributed by atoms with Crippen LogP contribution in [0.15, 0.2) is 66.7 Å².